The van der Waals surface area contributed by atoms with Gasteiger partial charge in [0.2, 0.25) is 0 Å². The average molecular weight is 390 g/mol. The summed E-state index contributed by atoms with van der Waals surface area (Å²) < 4.78 is 0. The number of aromatic hydroxyl groups is 1. The summed E-state index contributed by atoms with van der Waals surface area (Å²) in [5.41, 5.74) is 6.58. The van der Waals surface area contributed by atoms with Gasteiger partial charge in [0.1, 0.15) is 11.6 Å². The van der Waals surface area contributed by atoms with Gasteiger partial charge in [-0.2, -0.15) is 0 Å². The maximum absolute atomic E-state index is 9.85. The van der Waals surface area contributed by atoms with E-state index in [2.05, 4.69) is 78.6 Å². The van der Waals surface area contributed by atoms with Gasteiger partial charge in [-0.1, -0.05) is 78.4 Å². The van der Waals surface area contributed by atoms with Crippen LogP contribution >= 0.6 is 0 Å². The number of para-hydroxylation sites is 2. The van der Waals surface area contributed by atoms with Gasteiger partial charge in [-0.3, -0.25) is 0 Å². The van der Waals surface area contributed by atoms with E-state index >= 15 is 0 Å². The molecule has 1 heterocycles. The summed E-state index contributed by atoms with van der Waals surface area (Å²) in [6.45, 7) is 2.09. The summed E-state index contributed by atoms with van der Waals surface area (Å²) in [7, 11) is 0. The van der Waals surface area contributed by atoms with Crippen molar-refractivity contribution >= 4 is 17.2 Å². The molecular weight excluding hydrogens is 368 g/mol. The Morgan fingerprint density at radius 2 is 1.40 bits per heavy atom. The molecule has 146 valence electrons. The zero-order valence-corrected chi connectivity index (χ0v) is 16.7. The number of fused-ring (bicyclic) bond motifs is 1. The average Bonchev–Trinajstić information content (AvgIpc) is 2.79. The Morgan fingerprint density at radius 1 is 0.733 bits per heavy atom. The molecule has 4 aromatic carbocycles. The molecule has 0 aliphatic carbocycles. The van der Waals surface area contributed by atoms with Crippen LogP contribution in [0.4, 0.5) is 11.4 Å². The second-order valence-electron chi connectivity index (χ2n) is 7.56. The third-order valence-electron chi connectivity index (χ3n) is 5.50. The first-order chi connectivity index (χ1) is 14.7. The summed E-state index contributed by atoms with van der Waals surface area (Å²) in [4.78, 5) is 7.38. The molecule has 3 nitrogen and oxygen atoms in total. The van der Waals surface area contributed by atoms with E-state index in [1.54, 1.807) is 12.1 Å². The summed E-state index contributed by atoms with van der Waals surface area (Å²) in [6.07, 6.45) is 0. The molecule has 0 bridgehead atoms. The Morgan fingerprint density at radius 3 is 2.13 bits per heavy atom. The topological polar surface area (TPSA) is 35.8 Å². The minimum Gasteiger partial charge on any atom is -0.508 e. The lowest BCUT2D eigenvalue weighted by atomic mass is 9.92. The zero-order chi connectivity index (χ0) is 20.5. The molecule has 5 rings (SSSR count). The molecule has 0 aromatic heterocycles. The van der Waals surface area contributed by atoms with E-state index in [0.717, 1.165) is 33.9 Å². The standard InChI is InChI=1S/C27H22N2O/c1-19-11-13-21(14-12-19)27-28-25-10-6-5-9-24(25)26(20-15-17-23(30)18-16-20)29(27)22-7-3-2-4-8-22/h2-18,26,30H,1H3. The molecular formula is C27H22N2O. The van der Waals surface area contributed by atoms with E-state index in [4.69, 9.17) is 4.99 Å². The van der Waals surface area contributed by atoms with Crippen molar-refractivity contribution in [1.82, 2.24) is 0 Å². The van der Waals surface area contributed by atoms with Crippen molar-refractivity contribution in [3.63, 3.8) is 0 Å². The van der Waals surface area contributed by atoms with E-state index < -0.39 is 0 Å². The molecule has 0 amide bonds. The van der Waals surface area contributed by atoms with Crippen molar-refractivity contribution in [1.29, 1.82) is 0 Å². The van der Waals surface area contributed by atoms with Crippen LogP contribution < -0.4 is 4.90 Å². The maximum atomic E-state index is 9.85. The Hall–Kier alpha value is -3.85. The minimum atomic E-state index is -0.0574. The number of aliphatic imine (C=N–C) groups is 1. The molecule has 30 heavy (non-hydrogen) atoms. The van der Waals surface area contributed by atoms with Gasteiger partial charge in [-0.15, -0.1) is 0 Å². The SMILES string of the molecule is Cc1ccc(C2=Nc3ccccc3C(c3ccc(O)cc3)N2c2ccccc2)cc1. The second-order valence-corrected chi connectivity index (χ2v) is 7.56. The van der Waals surface area contributed by atoms with Crippen LogP contribution in [-0.4, -0.2) is 10.9 Å². The highest BCUT2D eigenvalue weighted by Gasteiger charge is 2.33. The van der Waals surface area contributed by atoms with E-state index in [9.17, 15) is 5.11 Å². The number of hydrogen-bond donors (Lipinski definition) is 1. The lowest BCUT2D eigenvalue weighted by Crippen LogP contribution is -2.38. The largest absolute Gasteiger partial charge is 0.508 e. The van der Waals surface area contributed by atoms with Gasteiger partial charge in [0.05, 0.1) is 11.7 Å². The van der Waals surface area contributed by atoms with Crippen LogP contribution in [0.2, 0.25) is 0 Å². The first-order valence-electron chi connectivity index (χ1n) is 10.1. The Bertz CT molecular complexity index is 1200. The van der Waals surface area contributed by atoms with Gasteiger partial charge in [0.25, 0.3) is 0 Å². The van der Waals surface area contributed by atoms with Crippen LogP contribution in [0.25, 0.3) is 0 Å². The molecule has 0 radical (unpaired) electrons. The van der Waals surface area contributed by atoms with Crippen molar-refractivity contribution < 1.29 is 5.11 Å². The number of hydrogen-bond acceptors (Lipinski definition) is 3. The van der Waals surface area contributed by atoms with Crippen molar-refractivity contribution in [3.05, 3.63) is 125 Å². The van der Waals surface area contributed by atoms with Crippen LogP contribution in [0.15, 0.2) is 108 Å². The van der Waals surface area contributed by atoms with Crippen molar-refractivity contribution in [2.24, 2.45) is 4.99 Å². The van der Waals surface area contributed by atoms with Crippen molar-refractivity contribution in [2.75, 3.05) is 4.90 Å². The van der Waals surface area contributed by atoms with E-state index in [-0.39, 0.29) is 11.8 Å². The van der Waals surface area contributed by atoms with E-state index in [0.29, 0.717) is 0 Å². The normalized spacial score (nSPS) is 15.4. The Labute approximate surface area is 176 Å². The number of anilines is 1. The smallest absolute Gasteiger partial charge is 0.141 e. The summed E-state index contributed by atoms with van der Waals surface area (Å²) in [5.74, 6) is 1.18. The van der Waals surface area contributed by atoms with Crippen LogP contribution in [0.1, 0.15) is 28.3 Å². The molecule has 1 atom stereocenters. The van der Waals surface area contributed by atoms with Crippen LogP contribution in [0, 0.1) is 6.92 Å². The summed E-state index contributed by atoms with van der Waals surface area (Å²) >= 11 is 0. The Kier molecular flexibility index (Phi) is 4.56. The molecule has 1 unspecified atom stereocenters. The third-order valence-corrected chi connectivity index (χ3v) is 5.50. The van der Waals surface area contributed by atoms with E-state index in [1.807, 2.05) is 24.3 Å². The fraction of sp³-hybridized carbons (Fsp3) is 0.0741. The maximum Gasteiger partial charge on any atom is 0.141 e. The van der Waals surface area contributed by atoms with Gasteiger partial charge in [-0.05, 0) is 42.8 Å². The molecule has 0 saturated heterocycles. The molecule has 0 saturated carbocycles. The number of benzene rings is 4. The molecule has 3 heteroatoms. The van der Waals surface area contributed by atoms with E-state index in [1.165, 1.54) is 5.56 Å². The molecule has 1 aliphatic rings. The summed E-state index contributed by atoms with van der Waals surface area (Å²) in [6, 6.07) is 34.6. The quantitative estimate of drug-likeness (QED) is 0.440. The highest BCUT2D eigenvalue weighted by molar-refractivity contribution is 6.13. The predicted octanol–water partition coefficient (Wildman–Crippen LogP) is 6.39. The molecule has 0 fully saturated rings. The number of rotatable bonds is 3. The monoisotopic (exact) mass is 390 g/mol. The fourth-order valence-corrected chi connectivity index (χ4v) is 4.00. The second kappa shape index (κ2) is 7.53. The molecule has 4 aromatic rings. The van der Waals surface area contributed by atoms with Crippen LogP contribution in [0.5, 0.6) is 5.75 Å². The first-order valence-corrected chi connectivity index (χ1v) is 10.1. The lowest BCUT2D eigenvalue weighted by Gasteiger charge is -2.39. The van der Waals surface area contributed by atoms with Gasteiger partial charge in [-0.25, -0.2) is 4.99 Å². The number of phenols is 1. The lowest BCUT2D eigenvalue weighted by molar-refractivity contribution is 0.475. The third kappa shape index (κ3) is 3.25. The predicted molar refractivity (Wildman–Crippen MR) is 123 cm³/mol. The first kappa shape index (κ1) is 18.2. The van der Waals surface area contributed by atoms with Gasteiger partial charge < -0.3 is 10.0 Å². The molecule has 0 spiro atoms. The minimum absolute atomic E-state index is 0.0574. The fourth-order valence-electron chi connectivity index (χ4n) is 4.00. The highest BCUT2D eigenvalue weighted by atomic mass is 16.3. The summed E-state index contributed by atoms with van der Waals surface area (Å²) in [5, 5.41) is 9.85. The number of phenolic OH excluding ortho intramolecular Hbond substituents is 1. The van der Waals surface area contributed by atoms with Crippen LogP contribution in [-0.2, 0) is 0 Å². The molecule has 1 aliphatic heterocycles. The van der Waals surface area contributed by atoms with Crippen LogP contribution in [0.3, 0.4) is 0 Å². The zero-order valence-electron chi connectivity index (χ0n) is 16.7. The Balaban J connectivity index is 1.77. The number of nitrogens with zero attached hydrogens (tertiary/aromatic N) is 2. The number of amidine groups is 1. The van der Waals surface area contributed by atoms with Crippen molar-refractivity contribution in [3.8, 4) is 5.75 Å². The van der Waals surface area contributed by atoms with Gasteiger partial charge in [0, 0.05) is 16.8 Å². The highest BCUT2D eigenvalue weighted by Crippen LogP contribution is 2.42. The van der Waals surface area contributed by atoms with Crippen molar-refractivity contribution in [2.45, 2.75) is 13.0 Å². The molecule has 1 N–H and O–H groups in total. The van der Waals surface area contributed by atoms with Gasteiger partial charge in [0.15, 0.2) is 0 Å². The number of aryl methyl sites for hydroxylation is 1. The van der Waals surface area contributed by atoms with Gasteiger partial charge >= 0.3 is 0 Å².